The van der Waals surface area contributed by atoms with E-state index in [1.54, 1.807) is 0 Å². The molecule has 2 heteroatoms. The molecule has 2 nitrogen and oxygen atoms in total. The number of nitrogens with one attached hydrogen (secondary N) is 1. The molecule has 0 aromatic carbocycles. The third kappa shape index (κ3) is 4.97. The van der Waals surface area contributed by atoms with E-state index in [-0.39, 0.29) is 0 Å². The van der Waals surface area contributed by atoms with Gasteiger partial charge in [-0.2, -0.15) is 0 Å². The summed E-state index contributed by atoms with van der Waals surface area (Å²) in [6.07, 6.45) is 4.19. The molecule has 1 atom stereocenters. The molecule has 84 valence electrons. The van der Waals surface area contributed by atoms with Gasteiger partial charge in [0.2, 0.25) is 0 Å². The molecule has 1 aliphatic carbocycles. The minimum atomic E-state index is 0.908. The normalized spacial score (nSPS) is 18.9. The van der Waals surface area contributed by atoms with Crippen LogP contribution in [-0.2, 0) is 0 Å². The van der Waals surface area contributed by atoms with Gasteiger partial charge in [-0.15, -0.1) is 0 Å². The van der Waals surface area contributed by atoms with Gasteiger partial charge >= 0.3 is 0 Å². The quantitative estimate of drug-likeness (QED) is 0.600. The summed E-state index contributed by atoms with van der Waals surface area (Å²) >= 11 is 0. The first kappa shape index (κ1) is 12.0. The number of rotatable bonds is 8. The van der Waals surface area contributed by atoms with Gasteiger partial charge in [-0.3, -0.25) is 0 Å². The van der Waals surface area contributed by atoms with Crippen molar-refractivity contribution in [2.24, 2.45) is 11.8 Å². The number of nitrogens with zero attached hydrogens (tertiary/aromatic N) is 1. The topological polar surface area (TPSA) is 15.3 Å². The maximum Gasteiger partial charge on any atom is 0.0104 e. The first-order valence-corrected chi connectivity index (χ1v) is 6.13. The lowest BCUT2D eigenvalue weighted by atomic mass is 10.1. The highest BCUT2D eigenvalue weighted by atomic mass is 15.1. The highest BCUT2D eigenvalue weighted by molar-refractivity contribution is 4.80. The van der Waals surface area contributed by atoms with Gasteiger partial charge in [0.1, 0.15) is 0 Å². The lowest BCUT2D eigenvalue weighted by Gasteiger charge is -2.21. The van der Waals surface area contributed by atoms with Crippen molar-refractivity contribution >= 4 is 0 Å². The van der Waals surface area contributed by atoms with Crippen LogP contribution in [0.15, 0.2) is 0 Å². The van der Waals surface area contributed by atoms with Crippen LogP contribution in [0.4, 0.5) is 0 Å². The van der Waals surface area contributed by atoms with Crippen molar-refractivity contribution < 1.29 is 0 Å². The van der Waals surface area contributed by atoms with Crippen molar-refractivity contribution in [3.05, 3.63) is 0 Å². The van der Waals surface area contributed by atoms with E-state index in [0.29, 0.717) is 0 Å². The maximum absolute atomic E-state index is 3.44. The van der Waals surface area contributed by atoms with Crippen LogP contribution in [-0.4, -0.2) is 38.1 Å². The first-order valence-electron chi connectivity index (χ1n) is 6.13. The predicted molar refractivity (Wildman–Crippen MR) is 62.5 cm³/mol. The molecule has 1 N–H and O–H groups in total. The summed E-state index contributed by atoms with van der Waals surface area (Å²) in [5, 5.41) is 3.44. The maximum atomic E-state index is 3.44. The molecule has 0 bridgehead atoms. The number of likely N-dealkylation sites (N-methyl/N-ethyl adjacent to an activating group) is 1. The molecule has 0 aromatic rings. The Hall–Kier alpha value is -0.0800. The summed E-state index contributed by atoms with van der Waals surface area (Å²) in [5.41, 5.74) is 0. The molecular formula is C12H26N2. The minimum absolute atomic E-state index is 0.908. The van der Waals surface area contributed by atoms with Gasteiger partial charge in [0.05, 0.1) is 0 Å². The standard InChI is InChI=1S/C12H26N2/c1-4-7-13-8-9-14(3)10-11(2)12-5-6-12/h11-13H,4-10H2,1-3H3. The zero-order valence-electron chi connectivity index (χ0n) is 10.1. The average molecular weight is 198 g/mol. The summed E-state index contributed by atoms with van der Waals surface area (Å²) < 4.78 is 0. The van der Waals surface area contributed by atoms with E-state index in [0.717, 1.165) is 24.9 Å². The molecule has 1 unspecified atom stereocenters. The second-order valence-electron chi connectivity index (χ2n) is 4.83. The first-order chi connectivity index (χ1) is 6.74. The van der Waals surface area contributed by atoms with E-state index in [2.05, 4.69) is 31.1 Å². The SMILES string of the molecule is CCCNCCN(C)CC(C)C1CC1. The molecule has 0 aromatic heterocycles. The Labute approximate surface area is 89.1 Å². The third-order valence-electron chi connectivity index (χ3n) is 3.12. The molecule has 0 saturated heterocycles. The van der Waals surface area contributed by atoms with Gasteiger partial charge in [-0.25, -0.2) is 0 Å². The summed E-state index contributed by atoms with van der Waals surface area (Å²) in [6.45, 7) is 9.38. The molecule has 1 fully saturated rings. The third-order valence-corrected chi connectivity index (χ3v) is 3.12. The minimum Gasteiger partial charge on any atom is -0.315 e. The highest BCUT2D eigenvalue weighted by Gasteiger charge is 2.28. The van der Waals surface area contributed by atoms with Crippen LogP contribution >= 0.6 is 0 Å². The van der Waals surface area contributed by atoms with Crippen molar-refractivity contribution in [1.29, 1.82) is 0 Å². The van der Waals surface area contributed by atoms with Crippen LogP contribution in [0.2, 0.25) is 0 Å². The van der Waals surface area contributed by atoms with E-state index in [4.69, 9.17) is 0 Å². The van der Waals surface area contributed by atoms with Gasteiger partial charge < -0.3 is 10.2 Å². The molecule has 0 spiro atoms. The fraction of sp³-hybridized carbons (Fsp3) is 1.00. The molecular weight excluding hydrogens is 172 g/mol. The number of hydrogen-bond acceptors (Lipinski definition) is 2. The highest BCUT2D eigenvalue weighted by Crippen LogP contribution is 2.36. The zero-order valence-corrected chi connectivity index (χ0v) is 10.1. The van der Waals surface area contributed by atoms with E-state index >= 15 is 0 Å². The smallest absolute Gasteiger partial charge is 0.0104 e. The van der Waals surface area contributed by atoms with Crippen LogP contribution in [0.1, 0.15) is 33.1 Å². The average Bonchev–Trinajstić information content (AvgIpc) is 2.95. The fourth-order valence-corrected chi connectivity index (χ4v) is 1.97. The second-order valence-corrected chi connectivity index (χ2v) is 4.83. The largest absolute Gasteiger partial charge is 0.315 e. The summed E-state index contributed by atoms with van der Waals surface area (Å²) in [7, 11) is 2.24. The van der Waals surface area contributed by atoms with E-state index < -0.39 is 0 Å². The monoisotopic (exact) mass is 198 g/mol. The molecule has 0 amide bonds. The molecule has 0 radical (unpaired) electrons. The van der Waals surface area contributed by atoms with Crippen LogP contribution in [0, 0.1) is 11.8 Å². The Morgan fingerprint density at radius 1 is 1.36 bits per heavy atom. The Morgan fingerprint density at radius 3 is 2.64 bits per heavy atom. The van der Waals surface area contributed by atoms with Crippen molar-refractivity contribution in [3.63, 3.8) is 0 Å². The Kier molecular flexibility index (Phi) is 5.49. The summed E-state index contributed by atoms with van der Waals surface area (Å²) in [5.74, 6) is 1.95. The predicted octanol–water partition coefficient (Wildman–Crippen LogP) is 1.96. The van der Waals surface area contributed by atoms with Gasteiger partial charge in [0.25, 0.3) is 0 Å². The molecule has 1 saturated carbocycles. The number of hydrogen-bond donors (Lipinski definition) is 1. The Morgan fingerprint density at radius 2 is 2.07 bits per heavy atom. The molecule has 0 heterocycles. The van der Waals surface area contributed by atoms with Crippen LogP contribution in [0.5, 0.6) is 0 Å². The molecule has 1 rings (SSSR count). The summed E-state index contributed by atoms with van der Waals surface area (Å²) in [6, 6.07) is 0. The van der Waals surface area contributed by atoms with Crippen molar-refractivity contribution in [2.75, 3.05) is 33.2 Å². The lowest BCUT2D eigenvalue weighted by Crippen LogP contribution is -2.32. The van der Waals surface area contributed by atoms with Crippen LogP contribution < -0.4 is 5.32 Å². The second kappa shape index (κ2) is 6.41. The van der Waals surface area contributed by atoms with Gasteiger partial charge in [-0.05, 0) is 44.7 Å². The van der Waals surface area contributed by atoms with E-state index in [1.165, 1.54) is 32.4 Å². The lowest BCUT2D eigenvalue weighted by molar-refractivity contribution is 0.270. The zero-order chi connectivity index (χ0) is 10.4. The molecule has 1 aliphatic rings. The van der Waals surface area contributed by atoms with Crippen LogP contribution in [0.3, 0.4) is 0 Å². The van der Waals surface area contributed by atoms with Gasteiger partial charge in [0.15, 0.2) is 0 Å². The Bertz CT molecular complexity index is 143. The van der Waals surface area contributed by atoms with E-state index in [9.17, 15) is 0 Å². The Balaban J connectivity index is 1.94. The van der Waals surface area contributed by atoms with Crippen molar-refractivity contribution in [3.8, 4) is 0 Å². The van der Waals surface area contributed by atoms with Gasteiger partial charge in [-0.1, -0.05) is 13.8 Å². The summed E-state index contributed by atoms with van der Waals surface area (Å²) in [4.78, 5) is 2.46. The van der Waals surface area contributed by atoms with Gasteiger partial charge in [0, 0.05) is 19.6 Å². The molecule has 0 aliphatic heterocycles. The van der Waals surface area contributed by atoms with Crippen LogP contribution in [0.25, 0.3) is 0 Å². The van der Waals surface area contributed by atoms with Crippen molar-refractivity contribution in [2.45, 2.75) is 33.1 Å². The van der Waals surface area contributed by atoms with E-state index in [1.807, 2.05) is 0 Å². The van der Waals surface area contributed by atoms with Crippen molar-refractivity contribution in [1.82, 2.24) is 10.2 Å². The fourth-order valence-electron chi connectivity index (χ4n) is 1.97. The molecule has 14 heavy (non-hydrogen) atoms.